The Morgan fingerprint density at radius 2 is 0.488 bits per heavy atom. The van der Waals surface area contributed by atoms with Crippen LogP contribution in [0.1, 0.15) is 265 Å². The van der Waals surface area contributed by atoms with Gasteiger partial charge in [0.05, 0.1) is 0 Å². The van der Waals surface area contributed by atoms with Gasteiger partial charge in [-0.05, 0) is 18.8 Å². The third kappa shape index (κ3) is 40.0. The quantitative estimate of drug-likeness (QED) is 0.0613. The van der Waals surface area contributed by atoms with E-state index in [0.29, 0.717) is 0 Å². The Morgan fingerprint density at radius 3 is 0.744 bits per heavy atom. The molecule has 0 amide bonds. The van der Waals surface area contributed by atoms with E-state index >= 15 is 0 Å². The highest BCUT2D eigenvalue weighted by atomic mass is 14.1. The molecule has 0 heterocycles. The number of rotatable bonds is 39. The van der Waals surface area contributed by atoms with Crippen LogP contribution in [0.3, 0.4) is 0 Å². The number of unbranched alkanes of at least 4 members (excludes halogenated alkanes) is 35. The molecule has 0 bridgehead atoms. The maximum absolute atomic E-state index is 2.63. The molecule has 0 aliphatic rings. The largest absolute Gasteiger partial charge is 0.0654 e. The predicted octanol–water partition coefficient (Wildman–Crippen LogP) is 16.7. The van der Waals surface area contributed by atoms with Crippen molar-refractivity contribution in [3.63, 3.8) is 0 Å². The van der Waals surface area contributed by atoms with Crippen LogP contribution in [0.2, 0.25) is 0 Å². The molecule has 0 saturated carbocycles. The van der Waals surface area contributed by atoms with Crippen molar-refractivity contribution in [3.8, 4) is 0 Å². The van der Waals surface area contributed by atoms with Crippen LogP contribution in [0.5, 0.6) is 0 Å². The van der Waals surface area contributed by atoms with Crippen molar-refractivity contribution in [2.24, 2.45) is 5.92 Å². The van der Waals surface area contributed by atoms with Crippen LogP contribution in [-0.2, 0) is 0 Å². The third-order valence-electron chi connectivity index (χ3n) is 10.1. The van der Waals surface area contributed by atoms with E-state index in [-0.39, 0.29) is 0 Å². The molecule has 0 fully saturated rings. The summed E-state index contributed by atoms with van der Waals surface area (Å²) in [6.45, 7) is 7.07. The fraction of sp³-hybridized carbons (Fsp3) is 0.977. The summed E-state index contributed by atoms with van der Waals surface area (Å²) in [6.07, 6.45) is 58.4. The van der Waals surface area contributed by atoms with Crippen molar-refractivity contribution in [1.82, 2.24) is 0 Å². The van der Waals surface area contributed by atoms with E-state index in [2.05, 4.69) is 27.2 Å². The monoisotopic (exact) mass is 604 g/mol. The van der Waals surface area contributed by atoms with Gasteiger partial charge in [0, 0.05) is 0 Å². The second-order valence-electron chi connectivity index (χ2n) is 14.8. The van der Waals surface area contributed by atoms with Crippen LogP contribution >= 0.6 is 0 Å². The molecule has 1 radical (unpaired) electrons. The van der Waals surface area contributed by atoms with Gasteiger partial charge >= 0.3 is 0 Å². The first-order valence-corrected chi connectivity index (χ1v) is 21.1. The second kappa shape index (κ2) is 40.0. The maximum Gasteiger partial charge on any atom is -0.0358 e. The summed E-state index contributed by atoms with van der Waals surface area (Å²) in [6, 6.07) is 0. The van der Waals surface area contributed by atoms with E-state index in [0.717, 1.165) is 5.92 Å². The highest BCUT2D eigenvalue weighted by Crippen LogP contribution is 2.19. The van der Waals surface area contributed by atoms with Gasteiger partial charge in [0.1, 0.15) is 0 Å². The minimum absolute atomic E-state index is 0.841. The van der Waals surface area contributed by atoms with Crippen molar-refractivity contribution in [2.75, 3.05) is 0 Å². The Hall–Kier alpha value is 0. The van der Waals surface area contributed by atoms with Crippen LogP contribution < -0.4 is 0 Å². The van der Waals surface area contributed by atoms with E-state index in [4.69, 9.17) is 0 Å². The van der Waals surface area contributed by atoms with E-state index < -0.39 is 0 Å². The predicted molar refractivity (Wildman–Crippen MR) is 200 cm³/mol. The molecule has 1 atom stereocenters. The molecule has 0 aliphatic heterocycles. The highest BCUT2D eigenvalue weighted by Gasteiger charge is 2.03. The molecule has 0 aliphatic carbocycles. The molecule has 0 aromatic rings. The van der Waals surface area contributed by atoms with Gasteiger partial charge in [0.2, 0.25) is 0 Å². The SMILES string of the molecule is CCCCCCCCCCCCCCCCCCCCCCCCCCC[CH]C(C)CCCCCCCCCCCCC. The van der Waals surface area contributed by atoms with Gasteiger partial charge in [0.25, 0.3) is 0 Å². The highest BCUT2D eigenvalue weighted by molar-refractivity contribution is 4.72. The Bertz CT molecular complexity index is 453. The molecular weight excluding hydrogens is 516 g/mol. The van der Waals surface area contributed by atoms with Gasteiger partial charge in [0.15, 0.2) is 0 Å². The molecule has 0 rings (SSSR count). The standard InChI is InChI=1S/C43H87/c1-4-6-8-10-12-14-16-17-18-19-20-21-22-23-24-25-26-27-28-29-30-32-34-36-38-40-42-43(3)41-39-37-35-33-31-15-13-11-9-7-5-2/h42-43H,4-41H2,1-3H3. The fourth-order valence-corrected chi connectivity index (χ4v) is 6.93. The van der Waals surface area contributed by atoms with Gasteiger partial charge in [-0.1, -0.05) is 258 Å². The summed E-state index contributed by atoms with van der Waals surface area (Å²) in [7, 11) is 0. The molecule has 0 saturated heterocycles. The maximum atomic E-state index is 2.63. The molecule has 0 aromatic heterocycles. The lowest BCUT2D eigenvalue weighted by atomic mass is 9.95. The lowest BCUT2D eigenvalue weighted by molar-refractivity contribution is 0.495. The van der Waals surface area contributed by atoms with Crippen molar-refractivity contribution in [3.05, 3.63) is 6.42 Å². The van der Waals surface area contributed by atoms with Crippen LogP contribution in [0.15, 0.2) is 0 Å². The van der Waals surface area contributed by atoms with Gasteiger partial charge < -0.3 is 0 Å². The minimum atomic E-state index is 0.841. The van der Waals surface area contributed by atoms with E-state index in [1.54, 1.807) is 0 Å². The van der Waals surface area contributed by atoms with E-state index in [1.165, 1.54) is 244 Å². The summed E-state index contributed by atoms with van der Waals surface area (Å²) in [5, 5.41) is 0. The van der Waals surface area contributed by atoms with E-state index in [9.17, 15) is 0 Å². The fourth-order valence-electron chi connectivity index (χ4n) is 6.93. The van der Waals surface area contributed by atoms with Crippen molar-refractivity contribution >= 4 is 0 Å². The first-order valence-electron chi connectivity index (χ1n) is 21.1. The molecule has 0 spiro atoms. The van der Waals surface area contributed by atoms with Crippen LogP contribution in [0, 0.1) is 12.3 Å². The zero-order chi connectivity index (χ0) is 31.2. The van der Waals surface area contributed by atoms with Gasteiger partial charge in [-0.25, -0.2) is 0 Å². The molecule has 0 nitrogen and oxygen atoms in total. The van der Waals surface area contributed by atoms with E-state index in [1.807, 2.05) is 0 Å². The molecule has 259 valence electrons. The summed E-state index contributed by atoms with van der Waals surface area (Å²) in [5.41, 5.74) is 0. The zero-order valence-electron chi connectivity index (χ0n) is 31.0. The normalized spacial score (nSPS) is 12.3. The van der Waals surface area contributed by atoms with Crippen LogP contribution in [-0.4, -0.2) is 0 Å². The molecule has 0 aromatic carbocycles. The number of hydrogen-bond donors (Lipinski definition) is 0. The molecular formula is C43H87. The van der Waals surface area contributed by atoms with Gasteiger partial charge in [-0.3, -0.25) is 0 Å². The van der Waals surface area contributed by atoms with Crippen LogP contribution in [0.4, 0.5) is 0 Å². The lowest BCUT2D eigenvalue weighted by Crippen LogP contribution is -1.96. The third-order valence-corrected chi connectivity index (χ3v) is 10.1. The molecule has 0 N–H and O–H groups in total. The topological polar surface area (TPSA) is 0 Å². The van der Waals surface area contributed by atoms with Crippen molar-refractivity contribution < 1.29 is 0 Å². The summed E-state index contributed by atoms with van der Waals surface area (Å²) in [4.78, 5) is 0. The zero-order valence-corrected chi connectivity index (χ0v) is 31.0. The first-order chi connectivity index (χ1) is 21.3. The Kier molecular flexibility index (Phi) is 40.0. The summed E-state index contributed by atoms with van der Waals surface area (Å²) < 4.78 is 0. The number of hydrogen-bond acceptors (Lipinski definition) is 0. The Balaban J connectivity index is 3.11. The smallest absolute Gasteiger partial charge is 0.0358 e. The van der Waals surface area contributed by atoms with Gasteiger partial charge in [-0.15, -0.1) is 0 Å². The van der Waals surface area contributed by atoms with Gasteiger partial charge in [-0.2, -0.15) is 0 Å². The minimum Gasteiger partial charge on any atom is -0.0654 e. The molecule has 0 heteroatoms. The van der Waals surface area contributed by atoms with Crippen LogP contribution in [0.25, 0.3) is 0 Å². The average Bonchev–Trinajstić information content (AvgIpc) is 3.01. The summed E-state index contributed by atoms with van der Waals surface area (Å²) >= 11 is 0. The Morgan fingerprint density at radius 1 is 0.279 bits per heavy atom. The molecule has 1 unspecified atom stereocenters. The van der Waals surface area contributed by atoms with Crippen molar-refractivity contribution in [2.45, 2.75) is 265 Å². The second-order valence-corrected chi connectivity index (χ2v) is 14.8. The lowest BCUT2D eigenvalue weighted by Gasteiger charge is -2.10. The summed E-state index contributed by atoms with van der Waals surface area (Å²) in [5.74, 6) is 0.841. The average molecular weight is 604 g/mol. The molecule has 43 heavy (non-hydrogen) atoms. The Labute approximate surface area is 276 Å². The van der Waals surface area contributed by atoms with Crippen molar-refractivity contribution in [1.29, 1.82) is 0 Å². The first kappa shape index (κ1) is 43.0.